The van der Waals surface area contributed by atoms with E-state index in [4.69, 9.17) is 13.9 Å². The Kier molecular flexibility index (Phi) is 6.17. The summed E-state index contributed by atoms with van der Waals surface area (Å²) in [7, 11) is 3.05. The third kappa shape index (κ3) is 5.15. The molecule has 0 aliphatic heterocycles. The molecule has 6 nitrogen and oxygen atoms in total. The van der Waals surface area contributed by atoms with E-state index in [9.17, 15) is 4.79 Å². The first kappa shape index (κ1) is 18.6. The highest BCUT2D eigenvalue weighted by molar-refractivity contribution is 7.99. The predicted octanol–water partition coefficient (Wildman–Crippen LogP) is 4.21. The number of benzene rings is 2. The molecule has 0 saturated heterocycles. The number of hydrogen-bond donors (Lipinski definition) is 1. The van der Waals surface area contributed by atoms with Gasteiger partial charge in [-0.05, 0) is 36.4 Å². The highest BCUT2D eigenvalue weighted by Crippen LogP contribution is 2.28. The van der Waals surface area contributed by atoms with Gasteiger partial charge in [0.1, 0.15) is 17.3 Å². The molecule has 3 rings (SSSR count). The standard InChI is InChI=1S/C20H18N2O4S/c1-24-16-10-14(11-17(12-16)25-2)20(23)22-21-13-15-8-9-19(26-15)27-18-6-4-3-5-7-18/h3-13H,1-2H3,(H,22,23)/b21-13-. The van der Waals surface area contributed by atoms with Crippen molar-refractivity contribution in [2.75, 3.05) is 14.2 Å². The number of rotatable bonds is 7. The molecule has 1 N–H and O–H groups in total. The van der Waals surface area contributed by atoms with Crippen LogP contribution in [0.25, 0.3) is 0 Å². The van der Waals surface area contributed by atoms with Gasteiger partial charge in [0.05, 0.1) is 20.4 Å². The SMILES string of the molecule is COc1cc(OC)cc(C(=O)N/N=C\c2ccc(Sc3ccccc3)o2)c1. The van der Waals surface area contributed by atoms with Gasteiger partial charge in [0.2, 0.25) is 0 Å². The summed E-state index contributed by atoms with van der Waals surface area (Å²) >= 11 is 1.51. The molecule has 0 unspecified atom stereocenters. The van der Waals surface area contributed by atoms with E-state index in [1.807, 2.05) is 36.4 Å². The molecule has 1 heterocycles. The number of nitrogens with zero attached hydrogens (tertiary/aromatic N) is 1. The van der Waals surface area contributed by atoms with Gasteiger partial charge in [-0.25, -0.2) is 5.43 Å². The van der Waals surface area contributed by atoms with Gasteiger partial charge in [0.15, 0.2) is 5.09 Å². The van der Waals surface area contributed by atoms with Crippen molar-refractivity contribution in [2.24, 2.45) is 5.10 Å². The molecule has 27 heavy (non-hydrogen) atoms. The highest BCUT2D eigenvalue weighted by atomic mass is 32.2. The molecule has 0 atom stereocenters. The molecule has 0 bridgehead atoms. The van der Waals surface area contributed by atoms with Crippen molar-refractivity contribution in [3.05, 3.63) is 72.0 Å². The summed E-state index contributed by atoms with van der Waals surface area (Å²) in [4.78, 5) is 13.3. The van der Waals surface area contributed by atoms with Gasteiger partial charge in [-0.1, -0.05) is 30.0 Å². The smallest absolute Gasteiger partial charge is 0.271 e. The number of ether oxygens (including phenoxy) is 2. The topological polar surface area (TPSA) is 73.1 Å². The van der Waals surface area contributed by atoms with Gasteiger partial charge in [-0.15, -0.1) is 0 Å². The first-order valence-electron chi connectivity index (χ1n) is 8.07. The van der Waals surface area contributed by atoms with E-state index in [1.54, 1.807) is 24.3 Å². The Morgan fingerprint density at radius 1 is 1.04 bits per heavy atom. The average Bonchev–Trinajstić information content (AvgIpc) is 3.15. The zero-order chi connectivity index (χ0) is 19.1. The van der Waals surface area contributed by atoms with Crippen LogP contribution in [-0.2, 0) is 0 Å². The lowest BCUT2D eigenvalue weighted by Crippen LogP contribution is -2.17. The minimum atomic E-state index is -0.381. The van der Waals surface area contributed by atoms with Crippen LogP contribution in [0.4, 0.5) is 0 Å². The number of methoxy groups -OCH3 is 2. The number of furan rings is 1. The maximum Gasteiger partial charge on any atom is 0.271 e. The Morgan fingerprint density at radius 2 is 1.74 bits per heavy atom. The summed E-state index contributed by atoms with van der Waals surface area (Å²) in [6, 6.07) is 18.5. The van der Waals surface area contributed by atoms with Gasteiger partial charge in [-0.3, -0.25) is 4.79 Å². The van der Waals surface area contributed by atoms with E-state index in [0.29, 0.717) is 22.8 Å². The van der Waals surface area contributed by atoms with Crippen LogP contribution in [0.3, 0.4) is 0 Å². The third-order valence-electron chi connectivity index (χ3n) is 3.54. The second-order valence-corrected chi connectivity index (χ2v) is 6.45. The van der Waals surface area contributed by atoms with E-state index < -0.39 is 0 Å². The first-order chi connectivity index (χ1) is 13.2. The van der Waals surface area contributed by atoms with Gasteiger partial charge >= 0.3 is 0 Å². The van der Waals surface area contributed by atoms with Gasteiger partial charge in [0, 0.05) is 16.5 Å². The van der Waals surface area contributed by atoms with Crippen molar-refractivity contribution in [3.63, 3.8) is 0 Å². The Hall–Kier alpha value is -3.19. The van der Waals surface area contributed by atoms with Crippen molar-refractivity contribution in [2.45, 2.75) is 9.99 Å². The molecule has 1 amide bonds. The van der Waals surface area contributed by atoms with Crippen molar-refractivity contribution in [1.29, 1.82) is 0 Å². The van der Waals surface area contributed by atoms with Crippen LogP contribution >= 0.6 is 11.8 Å². The van der Waals surface area contributed by atoms with Crippen molar-refractivity contribution < 1.29 is 18.7 Å². The van der Waals surface area contributed by atoms with E-state index in [1.165, 1.54) is 32.2 Å². The normalized spacial score (nSPS) is 10.7. The molecule has 2 aromatic carbocycles. The molecule has 0 spiro atoms. The van der Waals surface area contributed by atoms with Crippen molar-refractivity contribution in [1.82, 2.24) is 5.43 Å². The fraction of sp³-hybridized carbons (Fsp3) is 0.100. The Balaban J connectivity index is 1.61. The average molecular weight is 382 g/mol. The van der Waals surface area contributed by atoms with E-state index in [2.05, 4.69) is 10.5 Å². The maximum absolute atomic E-state index is 12.2. The zero-order valence-corrected chi connectivity index (χ0v) is 15.7. The Bertz CT molecular complexity index is 916. The van der Waals surface area contributed by atoms with Crippen molar-refractivity contribution >= 4 is 23.9 Å². The summed E-state index contributed by atoms with van der Waals surface area (Å²) in [6.07, 6.45) is 1.45. The molecule has 0 aliphatic rings. The lowest BCUT2D eigenvalue weighted by Gasteiger charge is -2.07. The van der Waals surface area contributed by atoms with E-state index in [-0.39, 0.29) is 5.91 Å². The fourth-order valence-electron chi connectivity index (χ4n) is 2.22. The summed E-state index contributed by atoms with van der Waals surface area (Å²) in [6.45, 7) is 0. The number of carbonyl (C=O) groups excluding carboxylic acids is 1. The molecule has 0 aliphatic carbocycles. The zero-order valence-electron chi connectivity index (χ0n) is 14.8. The minimum Gasteiger partial charge on any atom is -0.497 e. The molecule has 3 aromatic rings. The number of nitrogens with one attached hydrogen (secondary N) is 1. The third-order valence-corrected chi connectivity index (χ3v) is 4.46. The summed E-state index contributed by atoms with van der Waals surface area (Å²) in [5.74, 6) is 1.21. The number of hydrogen-bond acceptors (Lipinski definition) is 6. The van der Waals surface area contributed by atoms with Gasteiger partial charge in [-0.2, -0.15) is 5.10 Å². The lowest BCUT2D eigenvalue weighted by molar-refractivity contribution is 0.0954. The predicted molar refractivity (Wildman–Crippen MR) is 104 cm³/mol. The minimum absolute atomic E-state index is 0.378. The maximum atomic E-state index is 12.2. The molecule has 7 heteroatoms. The summed E-state index contributed by atoms with van der Waals surface area (Å²) in [5.41, 5.74) is 2.84. The van der Waals surface area contributed by atoms with Crippen molar-refractivity contribution in [3.8, 4) is 11.5 Å². The van der Waals surface area contributed by atoms with Crippen LogP contribution in [0.15, 0.2) is 80.2 Å². The monoisotopic (exact) mass is 382 g/mol. The molecule has 0 saturated carbocycles. The van der Waals surface area contributed by atoms with E-state index in [0.717, 1.165) is 9.99 Å². The Morgan fingerprint density at radius 3 is 2.41 bits per heavy atom. The van der Waals surface area contributed by atoms with E-state index >= 15 is 0 Å². The van der Waals surface area contributed by atoms with Crippen LogP contribution < -0.4 is 14.9 Å². The van der Waals surface area contributed by atoms with Crippen LogP contribution in [0.5, 0.6) is 11.5 Å². The Labute approximate surface area is 161 Å². The molecule has 138 valence electrons. The van der Waals surface area contributed by atoms with Gasteiger partial charge in [0.25, 0.3) is 5.91 Å². The quantitative estimate of drug-likeness (QED) is 0.489. The number of amides is 1. The molecule has 1 aromatic heterocycles. The summed E-state index contributed by atoms with van der Waals surface area (Å²) in [5, 5.41) is 4.68. The van der Waals surface area contributed by atoms with Gasteiger partial charge < -0.3 is 13.9 Å². The fourth-order valence-corrected chi connectivity index (χ4v) is 3.02. The molecule has 0 radical (unpaired) electrons. The molecular weight excluding hydrogens is 364 g/mol. The highest BCUT2D eigenvalue weighted by Gasteiger charge is 2.09. The first-order valence-corrected chi connectivity index (χ1v) is 8.89. The lowest BCUT2D eigenvalue weighted by atomic mass is 10.2. The van der Waals surface area contributed by atoms with Crippen LogP contribution in [0.1, 0.15) is 16.1 Å². The van der Waals surface area contributed by atoms with Crippen LogP contribution in [0, 0.1) is 0 Å². The second-order valence-electron chi connectivity index (χ2n) is 5.37. The largest absolute Gasteiger partial charge is 0.497 e. The number of carbonyl (C=O) groups is 1. The molecular formula is C20H18N2O4S. The van der Waals surface area contributed by atoms with Crippen LogP contribution in [0.2, 0.25) is 0 Å². The number of hydrazone groups is 1. The second kappa shape index (κ2) is 8.95. The summed E-state index contributed by atoms with van der Waals surface area (Å²) < 4.78 is 16.0. The van der Waals surface area contributed by atoms with Crippen LogP contribution in [-0.4, -0.2) is 26.3 Å². The molecule has 0 fully saturated rings.